The van der Waals surface area contributed by atoms with Crippen molar-refractivity contribution in [2.75, 3.05) is 5.32 Å². The number of hydrogen-bond acceptors (Lipinski definition) is 5. The Labute approximate surface area is 162 Å². The molecule has 0 spiro atoms. The summed E-state index contributed by atoms with van der Waals surface area (Å²) in [6.45, 7) is 2.69. The topological polar surface area (TPSA) is 83.6 Å². The molecule has 27 heavy (non-hydrogen) atoms. The van der Waals surface area contributed by atoms with Crippen LogP contribution in [-0.4, -0.2) is 32.5 Å². The molecule has 0 atom stereocenters. The van der Waals surface area contributed by atoms with Crippen LogP contribution in [0.1, 0.15) is 45.4 Å². The summed E-state index contributed by atoms with van der Waals surface area (Å²) in [6.07, 6.45) is -0.903. The Balaban J connectivity index is 0.00000126. The van der Waals surface area contributed by atoms with Crippen LogP contribution in [0, 0.1) is 11.3 Å². The van der Waals surface area contributed by atoms with Crippen LogP contribution in [0.15, 0.2) is 10.7 Å². The molecule has 0 amide bonds. The molecule has 1 aliphatic rings. The summed E-state index contributed by atoms with van der Waals surface area (Å²) in [4.78, 5) is 19.4. The fraction of sp³-hybridized carbons (Fsp3) is 0.529. The molecule has 0 aromatic carbocycles. The van der Waals surface area contributed by atoms with E-state index in [0.29, 0.717) is 36.0 Å². The summed E-state index contributed by atoms with van der Waals surface area (Å²) in [6, 6.07) is 1.71. The highest BCUT2D eigenvalue weighted by molar-refractivity contribution is 9.10. The van der Waals surface area contributed by atoms with Crippen molar-refractivity contribution in [3.63, 3.8) is 0 Å². The monoisotopic (exact) mass is 445 g/mol. The number of nitrogens with one attached hydrogen (secondary N) is 1. The van der Waals surface area contributed by atoms with Gasteiger partial charge >= 0.3 is 6.18 Å². The first-order chi connectivity index (χ1) is 12.8. The predicted octanol–water partition coefficient (Wildman–Crippen LogP) is 4.58. The van der Waals surface area contributed by atoms with Gasteiger partial charge in [-0.25, -0.2) is 9.97 Å². The molecule has 3 rings (SSSR count). The molecule has 0 aliphatic heterocycles. The van der Waals surface area contributed by atoms with E-state index >= 15 is 0 Å². The van der Waals surface area contributed by atoms with Gasteiger partial charge in [-0.2, -0.15) is 18.4 Å². The van der Waals surface area contributed by atoms with Crippen molar-refractivity contribution in [2.24, 2.45) is 0 Å². The van der Waals surface area contributed by atoms with Gasteiger partial charge in [0.15, 0.2) is 0 Å². The lowest BCUT2D eigenvalue weighted by Crippen LogP contribution is -2.26. The number of aromatic nitrogens is 3. The second-order valence-electron chi connectivity index (χ2n) is 5.86. The van der Waals surface area contributed by atoms with E-state index in [-0.39, 0.29) is 28.7 Å². The normalized spacial score (nSPS) is 15.2. The van der Waals surface area contributed by atoms with Gasteiger partial charge < -0.3 is 9.88 Å². The smallest absolute Gasteiger partial charge is 0.366 e. The van der Waals surface area contributed by atoms with Crippen LogP contribution < -0.4 is 5.32 Å². The first-order valence-electron chi connectivity index (χ1n) is 8.58. The zero-order valence-corrected chi connectivity index (χ0v) is 16.5. The highest BCUT2D eigenvalue weighted by Crippen LogP contribution is 2.33. The molecule has 1 fully saturated rings. The minimum atomic E-state index is -4.49. The lowest BCUT2D eigenvalue weighted by Gasteiger charge is -2.23. The summed E-state index contributed by atoms with van der Waals surface area (Å²) in [5.41, 5.74) is 0.371. The molecule has 0 unspecified atom stereocenters. The standard InChI is InChI=1S/C15H13BrF3N5O.C2H6/c16-12-13-10(23-11(5-20)24(13)7-15(17,18)19)6-21-14(12)22-8-1-3-9(25)4-2-8;1-2/h6,8H,1-4,7H2,(H,21,22);1-2H3. The number of ketones is 1. The van der Waals surface area contributed by atoms with Gasteiger partial charge in [-0.15, -0.1) is 0 Å². The maximum absolute atomic E-state index is 12.9. The fourth-order valence-electron chi connectivity index (χ4n) is 2.88. The van der Waals surface area contributed by atoms with Crippen molar-refractivity contribution >= 4 is 38.6 Å². The lowest BCUT2D eigenvalue weighted by atomic mass is 9.94. The van der Waals surface area contributed by atoms with Crippen molar-refractivity contribution < 1.29 is 18.0 Å². The number of halogens is 4. The molecule has 1 aliphatic carbocycles. The van der Waals surface area contributed by atoms with E-state index in [9.17, 15) is 18.0 Å². The maximum Gasteiger partial charge on any atom is 0.406 e. The van der Waals surface area contributed by atoms with Crippen LogP contribution in [0.3, 0.4) is 0 Å². The van der Waals surface area contributed by atoms with E-state index in [0.717, 1.165) is 4.57 Å². The number of fused-ring (bicyclic) bond motifs is 1. The Morgan fingerprint density at radius 3 is 2.56 bits per heavy atom. The second kappa shape index (κ2) is 8.69. The summed E-state index contributed by atoms with van der Waals surface area (Å²) >= 11 is 3.29. The predicted molar refractivity (Wildman–Crippen MR) is 98.2 cm³/mol. The first kappa shape index (κ1) is 21.2. The van der Waals surface area contributed by atoms with Crippen molar-refractivity contribution in [2.45, 2.75) is 58.3 Å². The number of Topliss-reactive ketones (excluding diaryl/α,β-unsaturated/α-hetero) is 1. The molecule has 0 radical (unpaired) electrons. The van der Waals surface area contributed by atoms with Gasteiger partial charge in [0.05, 0.1) is 16.2 Å². The van der Waals surface area contributed by atoms with Gasteiger partial charge in [0.25, 0.3) is 0 Å². The minimum absolute atomic E-state index is 0.0216. The van der Waals surface area contributed by atoms with Gasteiger partial charge in [0.1, 0.15) is 29.7 Å². The molecular weight excluding hydrogens is 427 g/mol. The fourth-order valence-corrected chi connectivity index (χ4v) is 3.52. The molecule has 2 aromatic rings. The quantitative estimate of drug-likeness (QED) is 0.747. The van der Waals surface area contributed by atoms with E-state index < -0.39 is 12.7 Å². The third kappa shape index (κ3) is 4.97. The molecule has 1 N–H and O–H groups in total. The summed E-state index contributed by atoms with van der Waals surface area (Å²) in [5, 5.41) is 12.2. The number of imidazole rings is 1. The molecule has 0 bridgehead atoms. The molecule has 6 nitrogen and oxygen atoms in total. The first-order valence-corrected chi connectivity index (χ1v) is 9.37. The number of nitrogens with zero attached hydrogens (tertiary/aromatic N) is 4. The van der Waals surface area contributed by atoms with Crippen molar-refractivity contribution in [1.82, 2.24) is 14.5 Å². The molecule has 10 heteroatoms. The number of hydrogen-bond donors (Lipinski definition) is 1. The van der Waals surface area contributed by atoms with Gasteiger partial charge in [-0.1, -0.05) is 13.8 Å². The SMILES string of the molecule is CC.N#Cc1nc2cnc(NC3CCC(=O)CC3)c(Br)c2n1CC(F)(F)F. The minimum Gasteiger partial charge on any atom is -0.366 e. The Bertz CT molecular complexity index is 862. The number of carbonyl (C=O) groups excluding carboxylic acids is 1. The molecular formula is C17H19BrF3N5O. The van der Waals surface area contributed by atoms with Crippen LogP contribution in [0.25, 0.3) is 11.0 Å². The molecule has 146 valence electrons. The van der Waals surface area contributed by atoms with Gasteiger partial charge in [-0.05, 0) is 28.8 Å². The lowest BCUT2D eigenvalue weighted by molar-refractivity contribution is -0.140. The number of alkyl halides is 3. The average Bonchev–Trinajstić information content (AvgIpc) is 2.97. The molecule has 1 saturated carbocycles. The number of anilines is 1. The van der Waals surface area contributed by atoms with Crippen molar-refractivity contribution in [1.29, 1.82) is 5.26 Å². The molecule has 0 saturated heterocycles. The third-order valence-corrected chi connectivity index (χ3v) is 4.80. The van der Waals surface area contributed by atoms with Crippen molar-refractivity contribution in [3.8, 4) is 6.07 Å². The highest BCUT2D eigenvalue weighted by atomic mass is 79.9. The average molecular weight is 446 g/mol. The van der Waals surface area contributed by atoms with E-state index in [1.807, 2.05) is 13.8 Å². The molecule has 2 heterocycles. The third-order valence-electron chi connectivity index (χ3n) is 4.05. The van der Waals surface area contributed by atoms with E-state index in [2.05, 4.69) is 31.2 Å². The summed E-state index contributed by atoms with van der Waals surface area (Å²) < 4.78 is 39.8. The largest absolute Gasteiger partial charge is 0.406 e. The van der Waals surface area contributed by atoms with Crippen LogP contribution >= 0.6 is 15.9 Å². The van der Waals surface area contributed by atoms with E-state index in [4.69, 9.17) is 5.26 Å². The number of rotatable bonds is 3. The van der Waals surface area contributed by atoms with Gasteiger partial charge in [-0.3, -0.25) is 4.79 Å². The van der Waals surface area contributed by atoms with Crippen LogP contribution in [0.4, 0.5) is 19.0 Å². The molecule has 2 aromatic heterocycles. The number of nitriles is 1. The zero-order valence-electron chi connectivity index (χ0n) is 14.9. The summed E-state index contributed by atoms with van der Waals surface area (Å²) in [7, 11) is 0. The van der Waals surface area contributed by atoms with Gasteiger partial charge in [0, 0.05) is 18.9 Å². The Morgan fingerprint density at radius 1 is 1.37 bits per heavy atom. The summed E-state index contributed by atoms with van der Waals surface area (Å²) in [5.74, 6) is 0.261. The van der Waals surface area contributed by atoms with Crippen LogP contribution in [0.2, 0.25) is 0 Å². The van der Waals surface area contributed by atoms with Crippen molar-refractivity contribution in [3.05, 3.63) is 16.5 Å². The Morgan fingerprint density at radius 2 is 2.00 bits per heavy atom. The Hall–Kier alpha value is -2.15. The second-order valence-corrected chi connectivity index (χ2v) is 6.65. The highest BCUT2D eigenvalue weighted by Gasteiger charge is 2.31. The number of pyridine rings is 1. The number of carbonyl (C=O) groups is 1. The van der Waals surface area contributed by atoms with E-state index in [1.54, 1.807) is 6.07 Å². The van der Waals surface area contributed by atoms with Crippen LogP contribution in [0.5, 0.6) is 0 Å². The zero-order chi connectivity index (χ0) is 20.2. The van der Waals surface area contributed by atoms with Gasteiger partial charge in [0.2, 0.25) is 5.82 Å². The van der Waals surface area contributed by atoms with E-state index in [1.165, 1.54) is 6.20 Å². The maximum atomic E-state index is 12.9. The van der Waals surface area contributed by atoms with Crippen LogP contribution in [-0.2, 0) is 11.3 Å². The Kier molecular flexibility index (Phi) is 6.81.